The quantitative estimate of drug-likeness (QED) is 0.611. The molecule has 0 aliphatic rings. The van der Waals surface area contributed by atoms with Crippen molar-refractivity contribution in [3.63, 3.8) is 0 Å². The fraction of sp³-hybridized carbons (Fsp3) is 0.900. The van der Waals surface area contributed by atoms with Gasteiger partial charge in [-0.1, -0.05) is 13.8 Å². The van der Waals surface area contributed by atoms with Crippen molar-refractivity contribution in [3.8, 4) is 0 Å². The highest BCUT2D eigenvalue weighted by atomic mass is 16.5. The maximum atomic E-state index is 11.0. The van der Waals surface area contributed by atoms with E-state index in [9.17, 15) is 4.79 Å². The summed E-state index contributed by atoms with van der Waals surface area (Å²) in [6.07, 6.45) is 0.472. The monoisotopic (exact) mass is 187 g/mol. The van der Waals surface area contributed by atoms with Crippen molar-refractivity contribution in [3.05, 3.63) is 0 Å². The van der Waals surface area contributed by atoms with Gasteiger partial charge in [0, 0.05) is 12.6 Å². The molecule has 3 nitrogen and oxygen atoms in total. The first-order valence-corrected chi connectivity index (χ1v) is 4.74. The lowest BCUT2D eigenvalue weighted by atomic mass is 10.1. The van der Waals surface area contributed by atoms with Crippen LogP contribution in [0.3, 0.4) is 0 Å². The third-order valence-electron chi connectivity index (χ3n) is 2.10. The Kier molecular flexibility index (Phi) is 5.71. The van der Waals surface area contributed by atoms with Crippen LogP contribution in [-0.2, 0) is 9.53 Å². The second-order valence-electron chi connectivity index (χ2n) is 3.96. The number of esters is 1. The Morgan fingerprint density at radius 3 is 2.31 bits per heavy atom. The molecule has 3 heteroatoms. The van der Waals surface area contributed by atoms with Gasteiger partial charge in [0.25, 0.3) is 0 Å². The normalized spacial score (nSPS) is 13.5. The molecule has 0 aromatic heterocycles. The summed E-state index contributed by atoms with van der Waals surface area (Å²) in [5.74, 6) is 0.494. The lowest BCUT2D eigenvalue weighted by Gasteiger charge is -2.25. The molecular formula is C10H21NO2. The number of ether oxygens (including phenoxy) is 1. The summed E-state index contributed by atoms with van der Waals surface area (Å²) in [4.78, 5) is 13.1. The average Bonchev–Trinajstić information content (AvgIpc) is 2.02. The van der Waals surface area contributed by atoms with Gasteiger partial charge in [-0.05, 0) is 19.9 Å². The van der Waals surface area contributed by atoms with Crippen LogP contribution in [0.25, 0.3) is 0 Å². The molecule has 0 heterocycles. The fourth-order valence-electron chi connectivity index (χ4n) is 1.24. The van der Waals surface area contributed by atoms with E-state index < -0.39 is 0 Å². The van der Waals surface area contributed by atoms with Gasteiger partial charge in [0.05, 0.1) is 13.5 Å². The molecule has 1 unspecified atom stereocenters. The summed E-state index contributed by atoms with van der Waals surface area (Å²) < 4.78 is 4.61. The van der Waals surface area contributed by atoms with Crippen molar-refractivity contribution in [2.45, 2.75) is 33.2 Å². The Bertz CT molecular complexity index is 157. The van der Waals surface area contributed by atoms with E-state index in [0.29, 0.717) is 12.3 Å². The van der Waals surface area contributed by atoms with Gasteiger partial charge < -0.3 is 9.64 Å². The van der Waals surface area contributed by atoms with E-state index in [1.165, 1.54) is 7.11 Å². The molecule has 0 N–H and O–H groups in total. The van der Waals surface area contributed by atoms with Crippen molar-refractivity contribution in [2.75, 3.05) is 20.7 Å². The standard InChI is InChI=1S/C10H21NO2/c1-8(2)7-11(4)9(3)6-10(12)13-5/h8-9H,6-7H2,1-5H3. The van der Waals surface area contributed by atoms with Crippen LogP contribution < -0.4 is 0 Å². The topological polar surface area (TPSA) is 29.5 Å². The van der Waals surface area contributed by atoms with Gasteiger partial charge in [-0.3, -0.25) is 4.79 Å². The number of hydrogen-bond acceptors (Lipinski definition) is 3. The summed E-state index contributed by atoms with van der Waals surface area (Å²) in [5, 5.41) is 0. The molecule has 0 saturated heterocycles. The van der Waals surface area contributed by atoms with Crippen LogP contribution in [0.15, 0.2) is 0 Å². The zero-order chi connectivity index (χ0) is 10.4. The zero-order valence-electron chi connectivity index (χ0n) is 9.33. The third kappa shape index (κ3) is 5.64. The summed E-state index contributed by atoms with van der Waals surface area (Å²) in [5.41, 5.74) is 0. The first kappa shape index (κ1) is 12.4. The molecule has 0 aliphatic heterocycles. The van der Waals surface area contributed by atoms with Crippen LogP contribution in [0.5, 0.6) is 0 Å². The van der Waals surface area contributed by atoms with Gasteiger partial charge >= 0.3 is 5.97 Å². The molecule has 0 rings (SSSR count). The Balaban J connectivity index is 3.81. The molecular weight excluding hydrogens is 166 g/mol. The smallest absolute Gasteiger partial charge is 0.307 e. The Morgan fingerprint density at radius 1 is 1.38 bits per heavy atom. The Labute approximate surface area is 81.1 Å². The molecule has 0 aliphatic carbocycles. The molecule has 0 saturated carbocycles. The minimum Gasteiger partial charge on any atom is -0.469 e. The number of methoxy groups -OCH3 is 1. The predicted molar refractivity (Wildman–Crippen MR) is 53.6 cm³/mol. The molecule has 0 fully saturated rings. The van der Waals surface area contributed by atoms with Crippen LogP contribution in [0.4, 0.5) is 0 Å². The maximum Gasteiger partial charge on any atom is 0.307 e. The molecule has 0 aromatic carbocycles. The van der Waals surface area contributed by atoms with Crippen LogP contribution in [-0.4, -0.2) is 37.6 Å². The lowest BCUT2D eigenvalue weighted by molar-refractivity contribution is -0.141. The number of rotatable bonds is 5. The summed E-state index contributed by atoms with van der Waals surface area (Å²) >= 11 is 0. The molecule has 0 amide bonds. The van der Waals surface area contributed by atoms with Gasteiger partial charge in [-0.2, -0.15) is 0 Å². The molecule has 0 aromatic rings. The second-order valence-corrected chi connectivity index (χ2v) is 3.96. The Morgan fingerprint density at radius 2 is 1.92 bits per heavy atom. The summed E-state index contributed by atoms with van der Waals surface area (Å²) in [6, 6.07) is 0.259. The van der Waals surface area contributed by atoms with Crippen molar-refractivity contribution in [1.82, 2.24) is 4.90 Å². The predicted octanol–water partition coefficient (Wildman–Crippen LogP) is 1.53. The van der Waals surface area contributed by atoms with Gasteiger partial charge in [-0.25, -0.2) is 0 Å². The minimum absolute atomic E-state index is 0.136. The van der Waals surface area contributed by atoms with E-state index >= 15 is 0 Å². The highest BCUT2D eigenvalue weighted by Gasteiger charge is 2.14. The Hall–Kier alpha value is -0.570. The second kappa shape index (κ2) is 5.97. The van der Waals surface area contributed by atoms with Crippen molar-refractivity contribution in [1.29, 1.82) is 0 Å². The highest BCUT2D eigenvalue weighted by molar-refractivity contribution is 5.69. The number of carbonyl (C=O) groups is 1. The zero-order valence-corrected chi connectivity index (χ0v) is 9.33. The fourth-order valence-corrected chi connectivity index (χ4v) is 1.24. The van der Waals surface area contributed by atoms with Gasteiger partial charge in [0.1, 0.15) is 0 Å². The van der Waals surface area contributed by atoms with Gasteiger partial charge in [0.15, 0.2) is 0 Å². The number of carbonyl (C=O) groups excluding carboxylic acids is 1. The summed E-state index contributed by atoms with van der Waals surface area (Å²) in [7, 11) is 3.46. The van der Waals surface area contributed by atoms with Gasteiger partial charge in [0.2, 0.25) is 0 Å². The van der Waals surface area contributed by atoms with Crippen LogP contribution in [0, 0.1) is 5.92 Å². The molecule has 1 atom stereocenters. The van der Waals surface area contributed by atoms with Crippen molar-refractivity contribution < 1.29 is 9.53 Å². The number of hydrogen-bond donors (Lipinski definition) is 0. The molecule has 0 bridgehead atoms. The van der Waals surface area contributed by atoms with E-state index in [1.54, 1.807) is 0 Å². The van der Waals surface area contributed by atoms with E-state index in [2.05, 4.69) is 23.5 Å². The maximum absolute atomic E-state index is 11.0. The van der Waals surface area contributed by atoms with E-state index in [0.717, 1.165) is 6.54 Å². The van der Waals surface area contributed by atoms with Crippen LogP contribution in [0.1, 0.15) is 27.2 Å². The molecule has 13 heavy (non-hydrogen) atoms. The van der Waals surface area contributed by atoms with Crippen molar-refractivity contribution in [2.24, 2.45) is 5.92 Å². The third-order valence-corrected chi connectivity index (χ3v) is 2.10. The molecule has 0 spiro atoms. The van der Waals surface area contributed by atoms with E-state index in [-0.39, 0.29) is 12.0 Å². The first-order chi connectivity index (χ1) is 5.97. The van der Waals surface area contributed by atoms with Crippen molar-refractivity contribution >= 4 is 5.97 Å². The number of nitrogens with zero attached hydrogens (tertiary/aromatic N) is 1. The van der Waals surface area contributed by atoms with Crippen LogP contribution >= 0.6 is 0 Å². The average molecular weight is 187 g/mol. The largest absolute Gasteiger partial charge is 0.469 e. The van der Waals surface area contributed by atoms with E-state index in [1.807, 2.05) is 14.0 Å². The highest BCUT2D eigenvalue weighted by Crippen LogP contribution is 2.05. The SMILES string of the molecule is COC(=O)CC(C)N(C)CC(C)C. The molecule has 78 valence electrons. The first-order valence-electron chi connectivity index (χ1n) is 4.74. The van der Waals surface area contributed by atoms with Crippen LogP contribution in [0.2, 0.25) is 0 Å². The summed E-state index contributed by atoms with van der Waals surface area (Å²) in [6.45, 7) is 7.39. The lowest BCUT2D eigenvalue weighted by Crippen LogP contribution is -2.34. The molecule has 0 radical (unpaired) electrons. The van der Waals surface area contributed by atoms with E-state index in [4.69, 9.17) is 0 Å². The van der Waals surface area contributed by atoms with Gasteiger partial charge in [-0.15, -0.1) is 0 Å². The minimum atomic E-state index is -0.136.